The van der Waals surface area contributed by atoms with Crippen molar-refractivity contribution in [3.05, 3.63) is 72.4 Å². The standard InChI is InChI=1S/C22H25N5/c1-2-5-18(6-3-1)17-26-12-8-22(9-13-26)21-24-16-20(27(21)14-11-25-22)19-7-4-10-23-15-19/h1-7,10,15-16,25H,8-9,11-14,17H2. The first-order valence-corrected chi connectivity index (χ1v) is 9.82. The molecule has 0 unspecified atom stereocenters. The van der Waals surface area contributed by atoms with Gasteiger partial charge >= 0.3 is 0 Å². The first-order valence-electron chi connectivity index (χ1n) is 9.82. The van der Waals surface area contributed by atoms with Crippen LogP contribution in [0, 0.1) is 0 Å². The Morgan fingerprint density at radius 2 is 1.81 bits per heavy atom. The van der Waals surface area contributed by atoms with Crippen molar-refractivity contribution in [3.63, 3.8) is 0 Å². The molecule has 0 atom stereocenters. The summed E-state index contributed by atoms with van der Waals surface area (Å²) in [6, 6.07) is 14.9. The number of piperidine rings is 1. The van der Waals surface area contributed by atoms with E-state index in [4.69, 9.17) is 4.98 Å². The highest BCUT2D eigenvalue weighted by atomic mass is 15.2. The molecule has 138 valence electrons. The lowest BCUT2D eigenvalue weighted by atomic mass is 9.85. The summed E-state index contributed by atoms with van der Waals surface area (Å²) in [5.74, 6) is 1.20. The Balaban J connectivity index is 1.36. The summed E-state index contributed by atoms with van der Waals surface area (Å²) in [6.45, 7) is 5.19. The van der Waals surface area contributed by atoms with Gasteiger partial charge in [-0.3, -0.25) is 9.88 Å². The maximum Gasteiger partial charge on any atom is 0.129 e. The third kappa shape index (κ3) is 3.07. The molecule has 5 heteroatoms. The number of aromatic nitrogens is 3. The Labute approximate surface area is 160 Å². The highest BCUT2D eigenvalue weighted by Crippen LogP contribution is 2.36. The van der Waals surface area contributed by atoms with E-state index in [0.29, 0.717) is 0 Å². The number of nitrogens with one attached hydrogen (secondary N) is 1. The maximum absolute atomic E-state index is 4.87. The predicted octanol–water partition coefficient (Wildman–Crippen LogP) is 3.04. The number of benzene rings is 1. The van der Waals surface area contributed by atoms with E-state index in [1.165, 1.54) is 17.1 Å². The minimum absolute atomic E-state index is 0.00585. The molecule has 1 saturated heterocycles. The highest BCUT2D eigenvalue weighted by Gasteiger charge is 2.41. The van der Waals surface area contributed by atoms with Crippen molar-refractivity contribution in [3.8, 4) is 11.3 Å². The van der Waals surface area contributed by atoms with E-state index in [1.807, 2.05) is 24.7 Å². The number of nitrogens with zero attached hydrogens (tertiary/aromatic N) is 4. The minimum atomic E-state index is 0.00585. The quantitative estimate of drug-likeness (QED) is 0.781. The smallest absolute Gasteiger partial charge is 0.129 e. The first kappa shape index (κ1) is 16.7. The predicted molar refractivity (Wildman–Crippen MR) is 106 cm³/mol. The van der Waals surface area contributed by atoms with Crippen molar-refractivity contribution in [2.45, 2.75) is 31.5 Å². The molecule has 0 aliphatic carbocycles. The zero-order valence-corrected chi connectivity index (χ0v) is 15.5. The molecule has 1 N–H and O–H groups in total. The van der Waals surface area contributed by atoms with Crippen LogP contribution in [0.4, 0.5) is 0 Å². The number of rotatable bonds is 3. The molecule has 5 nitrogen and oxygen atoms in total. The van der Waals surface area contributed by atoms with E-state index in [2.05, 4.69) is 56.2 Å². The number of fused-ring (bicyclic) bond motifs is 2. The third-order valence-electron chi connectivity index (χ3n) is 6.00. The molecule has 1 aromatic carbocycles. The van der Waals surface area contributed by atoms with Crippen LogP contribution in [-0.4, -0.2) is 39.1 Å². The van der Waals surface area contributed by atoms with E-state index in [0.717, 1.165) is 51.1 Å². The Bertz CT molecular complexity index is 895. The number of imidazole rings is 1. The van der Waals surface area contributed by atoms with Gasteiger partial charge in [0.2, 0.25) is 0 Å². The van der Waals surface area contributed by atoms with Gasteiger partial charge in [-0.1, -0.05) is 30.3 Å². The van der Waals surface area contributed by atoms with Gasteiger partial charge < -0.3 is 9.88 Å². The van der Waals surface area contributed by atoms with Gasteiger partial charge in [0, 0.05) is 50.7 Å². The second kappa shape index (κ2) is 6.91. The summed E-state index contributed by atoms with van der Waals surface area (Å²) >= 11 is 0. The van der Waals surface area contributed by atoms with E-state index < -0.39 is 0 Å². The number of likely N-dealkylation sites (tertiary alicyclic amines) is 1. The molecule has 0 amide bonds. The summed E-state index contributed by atoms with van der Waals surface area (Å²) in [4.78, 5) is 11.7. The van der Waals surface area contributed by atoms with Crippen LogP contribution >= 0.6 is 0 Å². The summed E-state index contributed by atoms with van der Waals surface area (Å²) in [7, 11) is 0. The fourth-order valence-corrected chi connectivity index (χ4v) is 4.55. The van der Waals surface area contributed by atoms with Crippen molar-refractivity contribution in [1.82, 2.24) is 24.8 Å². The van der Waals surface area contributed by atoms with Crippen LogP contribution in [0.5, 0.6) is 0 Å². The second-order valence-electron chi connectivity index (χ2n) is 7.63. The van der Waals surface area contributed by atoms with Crippen LogP contribution in [0.3, 0.4) is 0 Å². The fourth-order valence-electron chi connectivity index (χ4n) is 4.55. The van der Waals surface area contributed by atoms with Gasteiger partial charge in [-0.15, -0.1) is 0 Å². The number of pyridine rings is 1. The van der Waals surface area contributed by atoms with Gasteiger partial charge in [-0.05, 0) is 30.5 Å². The lowest BCUT2D eigenvalue weighted by molar-refractivity contribution is 0.109. The molecule has 0 bridgehead atoms. The average molecular weight is 359 g/mol. The fraction of sp³-hybridized carbons (Fsp3) is 0.364. The highest BCUT2D eigenvalue weighted by molar-refractivity contribution is 5.58. The van der Waals surface area contributed by atoms with E-state index in [1.54, 1.807) is 0 Å². The summed E-state index contributed by atoms with van der Waals surface area (Å²) < 4.78 is 2.40. The van der Waals surface area contributed by atoms with E-state index >= 15 is 0 Å². The molecular formula is C22H25N5. The van der Waals surface area contributed by atoms with Gasteiger partial charge in [-0.2, -0.15) is 0 Å². The van der Waals surface area contributed by atoms with Gasteiger partial charge in [0.1, 0.15) is 5.82 Å². The summed E-state index contributed by atoms with van der Waals surface area (Å²) in [6.07, 6.45) is 7.98. The largest absolute Gasteiger partial charge is 0.325 e. The van der Waals surface area contributed by atoms with Gasteiger partial charge in [0.25, 0.3) is 0 Å². The number of hydrogen-bond acceptors (Lipinski definition) is 4. The molecule has 5 rings (SSSR count). The summed E-state index contributed by atoms with van der Waals surface area (Å²) in [5, 5.41) is 3.81. The molecule has 2 aliphatic heterocycles. The molecule has 0 saturated carbocycles. The molecule has 3 aromatic rings. The molecule has 4 heterocycles. The average Bonchev–Trinajstić information content (AvgIpc) is 3.17. The molecule has 1 fully saturated rings. The molecule has 1 spiro atoms. The molecule has 2 aliphatic rings. The normalized spacial score (nSPS) is 19.1. The Morgan fingerprint density at radius 1 is 0.963 bits per heavy atom. The first-order chi connectivity index (χ1) is 13.3. The van der Waals surface area contributed by atoms with Crippen LogP contribution in [0.15, 0.2) is 61.1 Å². The lowest BCUT2D eigenvalue weighted by Gasteiger charge is -2.44. The summed E-state index contributed by atoms with van der Waals surface area (Å²) in [5.41, 5.74) is 3.73. The van der Waals surface area contributed by atoms with Gasteiger partial charge in [0.15, 0.2) is 0 Å². The zero-order chi connectivity index (χ0) is 18.1. The van der Waals surface area contributed by atoms with Crippen LogP contribution in [-0.2, 0) is 18.6 Å². The van der Waals surface area contributed by atoms with E-state index in [-0.39, 0.29) is 5.54 Å². The maximum atomic E-state index is 4.87. The van der Waals surface area contributed by atoms with Crippen molar-refractivity contribution < 1.29 is 0 Å². The molecule has 0 radical (unpaired) electrons. The number of hydrogen-bond donors (Lipinski definition) is 1. The van der Waals surface area contributed by atoms with Crippen molar-refractivity contribution in [2.75, 3.05) is 19.6 Å². The lowest BCUT2D eigenvalue weighted by Crippen LogP contribution is -2.55. The van der Waals surface area contributed by atoms with Crippen LogP contribution < -0.4 is 5.32 Å². The molecular weight excluding hydrogens is 334 g/mol. The van der Waals surface area contributed by atoms with Gasteiger partial charge in [-0.25, -0.2) is 4.98 Å². The van der Waals surface area contributed by atoms with Crippen LogP contribution in [0.25, 0.3) is 11.3 Å². The zero-order valence-electron chi connectivity index (χ0n) is 15.5. The Hall–Kier alpha value is -2.50. The minimum Gasteiger partial charge on any atom is -0.325 e. The third-order valence-corrected chi connectivity index (χ3v) is 6.00. The molecule has 2 aromatic heterocycles. The topological polar surface area (TPSA) is 46.0 Å². The Kier molecular flexibility index (Phi) is 4.26. The van der Waals surface area contributed by atoms with E-state index in [9.17, 15) is 0 Å². The van der Waals surface area contributed by atoms with Crippen molar-refractivity contribution in [1.29, 1.82) is 0 Å². The van der Waals surface area contributed by atoms with Gasteiger partial charge in [0.05, 0.1) is 17.4 Å². The van der Waals surface area contributed by atoms with Crippen LogP contribution in [0.2, 0.25) is 0 Å². The monoisotopic (exact) mass is 359 g/mol. The SMILES string of the molecule is c1ccc(CN2CCC3(CC2)NCCn2c(-c4cccnc4)cnc23)cc1. The molecule has 27 heavy (non-hydrogen) atoms. The van der Waals surface area contributed by atoms with Crippen molar-refractivity contribution in [2.24, 2.45) is 0 Å². The second-order valence-corrected chi connectivity index (χ2v) is 7.63. The van der Waals surface area contributed by atoms with Crippen molar-refractivity contribution >= 4 is 0 Å². The van der Waals surface area contributed by atoms with Crippen LogP contribution in [0.1, 0.15) is 24.2 Å². The Morgan fingerprint density at radius 3 is 2.59 bits per heavy atom.